The molecule has 0 atom stereocenters. The van der Waals surface area contributed by atoms with Gasteiger partial charge in [-0.15, -0.1) is 24.8 Å². The van der Waals surface area contributed by atoms with Gasteiger partial charge < -0.3 is 10.2 Å². The minimum Gasteiger partial charge on any atom is -0.317 e. The molecule has 0 bridgehead atoms. The molecule has 0 aromatic carbocycles. The van der Waals surface area contributed by atoms with Crippen LogP contribution in [-0.2, 0) is 0 Å². The summed E-state index contributed by atoms with van der Waals surface area (Å²) in [6.07, 6.45) is 2.70. The van der Waals surface area contributed by atoms with Crippen LogP contribution in [-0.4, -0.2) is 38.6 Å². The number of rotatable bonds is 3. The quantitative estimate of drug-likeness (QED) is 0.835. The van der Waals surface area contributed by atoms with Gasteiger partial charge in [0.15, 0.2) is 0 Å². The van der Waals surface area contributed by atoms with E-state index in [0.29, 0.717) is 5.41 Å². The fraction of sp³-hybridized carbons (Fsp3) is 1.00. The normalized spacial score (nSPS) is 18.2. The highest BCUT2D eigenvalue weighted by atomic mass is 35.5. The van der Waals surface area contributed by atoms with Crippen molar-refractivity contribution < 1.29 is 0 Å². The molecule has 4 heteroatoms. The Labute approximate surface area is 107 Å². The molecule has 1 heterocycles. The maximum Gasteiger partial charge on any atom is 0.00293 e. The van der Waals surface area contributed by atoms with E-state index in [1.807, 2.05) is 0 Å². The minimum absolute atomic E-state index is 0. The van der Waals surface area contributed by atoms with Crippen LogP contribution in [0.5, 0.6) is 0 Å². The molecule has 0 aliphatic carbocycles. The van der Waals surface area contributed by atoms with Gasteiger partial charge >= 0.3 is 0 Å². The van der Waals surface area contributed by atoms with Crippen molar-refractivity contribution in [3.8, 4) is 0 Å². The van der Waals surface area contributed by atoms with E-state index < -0.39 is 0 Å². The molecule has 0 radical (unpaired) electrons. The summed E-state index contributed by atoms with van der Waals surface area (Å²) in [6, 6.07) is 0. The van der Waals surface area contributed by atoms with Crippen molar-refractivity contribution in [2.75, 3.05) is 33.7 Å². The van der Waals surface area contributed by atoms with Crippen LogP contribution in [0.15, 0.2) is 0 Å². The Morgan fingerprint density at radius 3 is 2.00 bits per heavy atom. The van der Waals surface area contributed by atoms with Gasteiger partial charge in [-0.3, -0.25) is 0 Å². The molecule has 1 aliphatic heterocycles. The molecule has 0 amide bonds. The monoisotopic (exact) mass is 256 g/mol. The molecule has 1 rings (SSSR count). The maximum absolute atomic E-state index is 3.43. The topological polar surface area (TPSA) is 15.3 Å². The number of nitrogens with one attached hydrogen (secondary N) is 1. The Hall–Kier alpha value is 0.500. The number of halogens is 2. The highest BCUT2D eigenvalue weighted by Gasteiger charge is 2.30. The van der Waals surface area contributed by atoms with E-state index in [0.717, 1.165) is 5.92 Å². The van der Waals surface area contributed by atoms with Gasteiger partial charge in [0.05, 0.1) is 0 Å². The highest BCUT2D eigenvalue weighted by molar-refractivity contribution is 5.85. The van der Waals surface area contributed by atoms with Crippen LogP contribution in [0, 0.1) is 11.3 Å². The first-order valence-corrected chi connectivity index (χ1v) is 5.38. The molecule has 0 spiro atoms. The summed E-state index contributed by atoms with van der Waals surface area (Å²) in [4.78, 5) is 2.31. The number of hydrogen-bond donors (Lipinski definition) is 1. The summed E-state index contributed by atoms with van der Waals surface area (Å²) >= 11 is 0. The molecule has 94 valence electrons. The second kappa shape index (κ2) is 7.72. The first-order chi connectivity index (χ1) is 6.02. The molecule has 1 fully saturated rings. The van der Waals surface area contributed by atoms with Crippen LogP contribution in [0.1, 0.15) is 26.7 Å². The van der Waals surface area contributed by atoms with Crippen molar-refractivity contribution in [3.63, 3.8) is 0 Å². The van der Waals surface area contributed by atoms with Crippen molar-refractivity contribution >= 4 is 24.8 Å². The zero-order chi connectivity index (χ0) is 9.90. The van der Waals surface area contributed by atoms with Gasteiger partial charge in [-0.05, 0) is 51.4 Å². The molecule has 0 aromatic heterocycles. The van der Waals surface area contributed by atoms with Gasteiger partial charge in [-0.2, -0.15) is 0 Å². The second-order valence-electron chi connectivity index (χ2n) is 5.25. The van der Waals surface area contributed by atoms with Crippen molar-refractivity contribution in [2.45, 2.75) is 26.7 Å². The van der Waals surface area contributed by atoms with Crippen LogP contribution >= 0.6 is 24.8 Å². The third-order valence-electron chi connectivity index (χ3n) is 3.17. The zero-order valence-electron chi connectivity index (χ0n) is 10.4. The number of hydrogen-bond acceptors (Lipinski definition) is 2. The lowest BCUT2D eigenvalue weighted by molar-refractivity contribution is 0.123. The fourth-order valence-corrected chi connectivity index (χ4v) is 2.55. The van der Waals surface area contributed by atoms with Crippen molar-refractivity contribution in [1.82, 2.24) is 10.2 Å². The SMILES string of the molecule is CN(C)CC(C)(C)C1CCNCC1.Cl.Cl. The largest absolute Gasteiger partial charge is 0.317 e. The molecule has 0 saturated carbocycles. The molecule has 1 saturated heterocycles. The van der Waals surface area contributed by atoms with Crippen LogP contribution in [0.4, 0.5) is 0 Å². The lowest BCUT2D eigenvalue weighted by Crippen LogP contribution is -2.40. The summed E-state index contributed by atoms with van der Waals surface area (Å²) in [7, 11) is 4.34. The summed E-state index contributed by atoms with van der Waals surface area (Å²) in [5.41, 5.74) is 0.478. The predicted molar refractivity (Wildman–Crippen MR) is 72.4 cm³/mol. The second-order valence-corrected chi connectivity index (χ2v) is 5.25. The van der Waals surface area contributed by atoms with Gasteiger partial charge in [0.1, 0.15) is 0 Å². The van der Waals surface area contributed by atoms with Gasteiger partial charge in [0.2, 0.25) is 0 Å². The van der Waals surface area contributed by atoms with E-state index in [1.165, 1.54) is 32.5 Å². The van der Waals surface area contributed by atoms with E-state index >= 15 is 0 Å². The van der Waals surface area contributed by atoms with Gasteiger partial charge in [0, 0.05) is 6.54 Å². The van der Waals surface area contributed by atoms with E-state index in [1.54, 1.807) is 0 Å². The Bertz CT molecular complexity index is 155. The average Bonchev–Trinajstić information content (AvgIpc) is 2.04. The Morgan fingerprint density at radius 1 is 1.13 bits per heavy atom. The molecule has 2 nitrogen and oxygen atoms in total. The van der Waals surface area contributed by atoms with Crippen molar-refractivity contribution in [1.29, 1.82) is 0 Å². The maximum atomic E-state index is 3.43. The molecular formula is C11H26Cl2N2. The van der Waals surface area contributed by atoms with Crippen LogP contribution < -0.4 is 5.32 Å². The number of nitrogens with zero attached hydrogens (tertiary/aromatic N) is 1. The third kappa shape index (κ3) is 5.96. The lowest BCUT2D eigenvalue weighted by Gasteiger charge is -2.39. The zero-order valence-corrected chi connectivity index (χ0v) is 12.0. The minimum atomic E-state index is 0. The predicted octanol–water partition coefficient (Wildman–Crippen LogP) is 2.42. The molecular weight excluding hydrogens is 231 g/mol. The van der Waals surface area contributed by atoms with Gasteiger partial charge in [-0.1, -0.05) is 13.8 Å². The Balaban J connectivity index is 0. The van der Waals surface area contributed by atoms with Gasteiger partial charge in [0.25, 0.3) is 0 Å². The summed E-state index contributed by atoms with van der Waals surface area (Å²) < 4.78 is 0. The van der Waals surface area contributed by atoms with Gasteiger partial charge in [-0.25, -0.2) is 0 Å². The van der Waals surface area contributed by atoms with Crippen LogP contribution in [0.25, 0.3) is 0 Å². The van der Waals surface area contributed by atoms with E-state index in [9.17, 15) is 0 Å². The van der Waals surface area contributed by atoms with Crippen molar-refractivity contribution in [2.24, 2.45) is 11.3 Å². The molecule has 1 aliphatic rings. The first kappa shape index (κ1) is 17.9. The standard InChI is InChI=1S/C11H24N2.2ClH/c1-11(2,9-13(3)4)10-5-7-12-8-6-10;;/h10,12H,5-9H2,1-4H3;2*1H. The van der Waals surface area contributed by atoms with Crippen LogP contribution in [0.2, 0.25) is 0 Å². The van der Waals surface area contributed by atoms with Crippen molar-refractivity contribution in [3.05, 3.63) is 0 Å². The van der Waals surface area contributed by atoms with E-state index in [2.05, 4.69) is 38.2 Å². The molecule has 1 N–H and O–H groups in total. The van der Waals surface area contributed by atoms with E-state index in [-0.39, 0.29) is 24.8 Å². The van der Waals surface area contributed by atoms with E-state index in [4.69, 9.17) is 0 Å². The first-order valence-electron chi connectivity index (χ1n) is 5.38. The lowest BCUT2D eigenvalue weighted by atomic mass is 9.74. The Kier molecular flexibility index (Phi) is 9.20. The molecule has 15 heavy (non-hydrogen) atoms. The van der Waals surface area contributed by atoms with Crippen LogP contribution in [0.3, 0.4) is 0 Å². The summed E-state index contributed by atoms with van der Waals surface area (Å²) in [5.74, 6) is 0.899. The summed E-state index contributed by atoms with van der Waals surface area (Å²) in [5, 5.41) is 3.43. The Morgan fingerprint density at radius 2 is 1.60 bits per heavy atom. The molecule has 0 unspecified atom stereocenters. The summed E-state index contributed by atoms with van der Waals surface area (Å²) in [6.45, 7) is 8.44. The molecule has 0 aromatic rings. The highest BCUT2D eigenvalue weighted by Crippen LogP contribution is 2.33. The number of piperidine rings is 1. The third-order valence-corrected chi connectivity index (χ3v) is 3.17. The smallest absolute Gasteiger partial charge is 0.00293 e. The fourth-order valence-electron chi connectivity index (χ4n) is 2.55. The average molecular weight is 257 g/mol.